The van der Waals surface area contributed by atoms with Gasteiger partial charge in [-0.2, -0.15) is 0 Å². The van der Waals surface area contributed by atoms with Gasteiger partial charge in [-0.1, -0.05) is 30.9 Å². The van der Waals surface area contributed by atoms with Gasteiger partial charge in [-0.15, -0.1) is 0 Å². The molecule has 3 nitrogen and oxygen atoms in total. The second kappa shape index (κ2) is 8.77. The number of hydrogen-bond donors (Lipinski definition) is 1. The number of benzene rings is 1. The molecule has 1 N–H and O–H groups in total. The zero-order chi connectivity index (χ0) is 14.0. The molecule has 3 heteroatoms. The first-order valence-corrected chi connectivity index (χ1v) is 7.65. The van der Waals surface area contributed by atoms with Crippen LogP contribution in [0.5, 0.6) is 5.75 Å². The van der Waals surface area contributed by atoms with Crippen LogP contribution in [0.1, 0.15) is 24.8 Å². The van der Waals surface area contributed by atoms with Gasteiger partial charge in [0.25, 0.3) is 0 Å². The van der Waals surface area contributed by atoms with Crippen LogP contribution in [0.3, 0.4) is 0 Å². The minimum absolute atomic E-state index is 0.561. The molecule has 1 fully saturated rings. The number of rotatable bonds is 9. The second-order valence-electron chi connectivity index (χ2n) is 5.29. The number of para-hydroxylation sites is 1. The molecule has 1 aliphatic rings. The third-order valence-corrected chi connectivity index (χ3v) is 3.67. The van der Waals surface area contributed by atoms with Crippen LogP contribution in [0.25, 0.3) is 0 Å². The van der Waals surface area contributed by atoms with Crippen molar-refractivity contribution < 1.29 is 4.74 Å². The molecule has 20 heavy (non-hydrogen) atoms. The highest BCUT2D eigenvalue weighted by molar-refractivity contribution is 5.33. The average Bonchev–Trinajstić information content (AvgIpc) is 2.99. The molecular weight excluding hydrogens is 248 g/mol. The van der Waals surface area contributed by atoms with Crippen molar-refractivity contribution in [3.8, 4) is 5.75 Å². The molecular formula is C17H26N2O. The summed E-state index contributed by atoms with van der Waals surface area (Å²) in [6.07, 6.45) is 5.75. The fourth-order valence-corrected chi connectivity index (χ4v) is 2.60. The smallest absolute Gasteiger partial charge is 0.124 e. The van der Waals surface area contributed by atoms with Gasteiger partial charge in [-0.05, 0) is 51.5 Å². The molecule has 0 radical (unpaired) electrons. The minimum Gasteiger partial charge on any atom is -0.489 e. The lowest BCUT2D eigenvalue weighted by molar-refractivity contribution is 0.330. The van der Waals surface area contributed by atoms with E-state index in [1.54, 1.807) is 6.08 Å². The first-order valence-electron chi connectivity index (χ1n) is 7.65. The molecule has 0 amide bonds. The maximum absolute atomic E-state index is 5.66. The van der Waals surface area contributed by atoms with E-state index in [2.05, 4.69) is 28.9 Å². The van der Waals surface area contributed by atoms with Crippen molar-refractivity contribution in [2.45, 2.75) is 25.8 Å². The van der Waals surface area contributed by atoms with Crippen molar-refractivity contribution in [2.24, 2.45) is 0 Å². The number of hydrogen-bond acceptors (Lipinski definition) is 3. The van der Waals surface area contributed by atoms with Crippen LogP contribution in [0.2, 0.25) is 0 Å². The molecule has 0 spiro atoms. The lowest BCUT2D eigenvalue weighted by atomic mass is 10.2. The fourth-order valence-electron chi connectivity index (χ4n) is 2.60. The van der Waals surface area contributed by atoms with E-state index in [0.29, 0.717) is 6.61 Å². The normalized spacial score (nSPS) is 15.4. The van der Waals surface area contributed by atoms with Gasteiger partial charge >= 0.3 is 0 Å². The van der Waals surface area contributed by atoms with E-state index in [0.717, 1.165) is 18.8 Å². The highest BCUT2D eigenvalue weighted by Gasteiger charge is 2.10. The van der Waals surface area contributed by atoms with E-state index >= 15 is 0 Å². The van der Waals surface area contributed by atoms with Gasteiger partial charge in [0.1, 0.15) is 12.4 Å². The van der Waals surface area contributed by atoms with Crippen molar-refractivity contribution in [2.75, 3.05) is 32.8 Å². The molecule has 1 aliphatic heterocycles. The summed E-state index contributed by atoms with van der Waals surface area (Å²) < 4.78 is 5.66. The zero-order valence-electron chi connectivity index (χ0n) is 12.3. The molecule has 0 bridgehead atoms. The SMILES string of the molecule is C=CCOc1ccccc1CNCCCN1CCCC1. The van der Waals surface area contributed by atoms with E-state index in [9.17, 15) is 0 Å². The third-order valence-electron chi connectivity index (χ3n) is 3.67. The molecule has 110 valence electrons. The van der Waals surface area contributed by atoms with Crippen molar-refractivity contribution in [1.29, 1.82) is 0 Å². The highest BCUT2D eigenvalue weighted by atomic mass is 16.5. The molecule has 0 aliphatic carbocycles. The topological polar surface area (TPSA) is 24.5 Å². The predicted octanol–water partition coefficient (Wildman–Crippen LogP) is 2.83. The Balaban J connectivity index is 1.66. The standard InChI is InChI=1S/C17H26N2O/c1-2-14-20-17-9-4-3-8-16(17)15-18-10-7-13-19-11-5-6-12-19/h2-4,8-9,18H,1,5-7,10-15H2. The van der Waals surface area contributed by atoms with Crippen LogP contribution >= 0.6 is 0 Å². The molecule has 0 unspecified atom stereocenters. The van der Waals surface area contributed by atoms with Gasteiger partial charge < -0.3 is 15.0 Å². The summed E-state index contributed by atoms with van der Waals surface area (Å²) in [5, 5.41) is 3.51. The summed E-state index contributed by atoms with van der Waals surface area (Å²) in [6.45, 7) is 9.98. The molecule has 1 heterocycles. The monoisotopic (exact) mass is 274 g/mol. The maximum atomic E-state index is 5.66. The highest BCUT2D eigenvalue weighted by Crippen LogP contribution is 2.17. The van der Waals surface area contributed by atoms with Crippen molar-refractivity contribution >= 4 is 0 Å². The number of likely N-dealkylation sites (tertiary alicyclic amines) is 1. The fraction of sp³-hybridized carbons (Fsp3) is 0.529. The van der Waals surface area contributed by atoms with E-state index in [4.69, 9.17) is 4.74 Å². The first kappa shape index (κ1) is 15.1. The van der Waals surface area contributed by atoms with Gasteiger partial charge in [0.2, 0.25) is 0 Å². The molecule has 0 atom stereocenters. The summed E-state index contributed by atoms with van der Waals surface area (Å²) >= 11 is 0. The zero-order valence-corrected chi connectivity index (χ0v) is 12.3. The van der Waals surface area contributed by atoms with E-state index in [1.165, 1.54) is 44.5 Å². The summed E-state index contributed by atoms with van der Waals surface area (Å²) in [4.78, 5) is 2.56. The Bertz CT molecular complexity index is 400. The Hall–Kier alpha value is -1.32. The number of ether oxygens (including phenoxy) is 1. The van der Waals surface area contributed by atoms with E-state index in [1.807, 2.05) is 12.1 Å². The Morgan fingerprint density at radius 1 is 1.25 bits per heavy atom. The average molecular weight is 274 g/mol. The Labute approximate surface area is 122 Å². The van der Waals surface area contributed by atoms with Gasteiger partial charge in [0.15, 0.2) is 0 Å². The molecule has 0 saturated carbocycles. The lowest BCUT2D eigenvalue weighted by Crippen LogP contribution is -2.24. The number of nitrogens with one attached hydrogen (secondary N) is 1. The van der Waals surface area contributed by atoms with Crippen LogP contribution in [-0.2, 0) is 6.54 Å². The van der Waals surface area contributed by atoms with E-state index in [-0.39, 0.29) is 0 Å². The Morgan fingerprint density at radius 2 is 2.05 bits per heavy atom. The number of nitrogens with zero attached hydrogens (tertiary/aromatic N) is 1. The summed E-state index contributed by atoms with van der Waals surface area (Å²) in [6, 6.07) is 8.20. The van der Waals surface area contributed by atoms with Crippen molar-refractivity contribution in [3.05, 3.63) is 42.5 Å². The maximum Gasteiger partial charge on any atom is 0.124 e. The third kappa shape index (κ3) is 4.99. The summed E-state index contributed by atoms with van der Waals surface area (Å²) in [5.74, 6) is 0.958. The Kier molecular flexibility index (Phi) is 6.61. The van der Waals surface area contributed by atoms with Crippen LogP contribution < -0.4 is 10.1 Å². The Morgan fingerprint density at radius 3 is 2.85 bits per heavy atom. The van der Waals surface area contributed by atoms with Crippen LogP contribution in [-0.4, -0.2) is 37.7 Å². The molecule has 1 aromatic carbocycles. The lowest BCUT2D eigenvalue weighted by Gasteiger charge is -2.15. The van der Waals surface area contributed by atoms with Crippen molar-refractivity contribution in [3.63, 3.8) is 0 Å². The van der Waals surface area contributed by atoms with Gasteiger partial charge in [-0.25, -0.2) is 0 Å². The predicted molar refractivity (Wildman–Crippen MR) is 84.1 cm³/mol. The minimum atomic E-state index is 0.561. The first-order chi connectivity index (χ1) is 9.90. The van der Waals surface area contributed by atoms with Gasteiger partial charge in [0.05, 0.1) is 0 Å². The summed E-state index contributed by atoms with van der Waals surface area (Å²) in [7, 11) is 0. The quantitative estimate of drug-likeness (QED) is 0.553. The molecule has 0 aromatic heterocycles. The van der Waals surface area contributed by atoms with Crippen LogP contribution in [0, 0.1) is 0 Å². The largest absolute Gasteiger partial charge is 0.489 e. The molecule has 1 saturated heterocycles. The second-order valence-corrected chi connectivity index (χ2v) is 5.29. The van der Waals surface area contributed by atoms with Crippen LogP contribution in [0.15, 0.2) is 36.9 Å². The van der Waals surface area contributed by atoms with Gasteiger partial charge in [-0.3, -0.25) is 0 Å². The molecule has 1 aromatic rings. The summed E-state index contributed by atoms with van der Waals surface area (Å²) in [5.41, 5.74) is 1.22. The van der Waals surface area contributed by atoms with Gasteiger partial charge in [0, 0.05) is 12.1 Å². The van der Waals surface area contributed by atoms with Crippen molar-refractivity contribution in [1.82, 2.24) is 10.2 Å². The molecule has 2 rings (SSSR count). The van der Waals surface area contributed by atoms with E-state index < -0.39 is 0 Å². The van der Waals surface area contributed by atoms with Crippen LogP contribution in [0.4, 0.5) is 0 Å².